The number of aromatic nitrogens is 2. The standard InChI is InChI=1S/C13H23N5O/c1-3-4-10-5-6-18(8-10)13-7-11(17-14)15-12(16-13)9-19-2/h7,10H,3-6,8-9,14H2,1-2H3,(H,15,16,17). The zero-order valence-electron chi connectivity index (χ0n) is 11.7. The quantitative estimate of drug-likeness (QED) is 0.600. The highest BCUT2D eigenvalue weighted by Gasteiger charge is 2.23. The SMILES string of the molecule is CCCC1CCN(c2cc(NN)nc(COC)n2)C1. The summed E-state index contributed by atoms with van der Waals surface area (Å²) in [6.07, 6.45) is 3.77. The lowest BCUT2D eigenvalue weighted by Gasteiger charge is -2.19. The monoisotopic (exact) mass is 265 g/mol. The molecule has 6 nitrogen and oxygen atoms in total. The van der Waals surface area contributed by atoms with Crippen molar-refractivity contribution in [2.45, 2.75) is 32.8 Å². The van der Waals surface area contributed by atoms with Gasteiger partial charge in [-0.05, 0) is 18.8 Å². The Balaban J connectivity index is 2.12. The van der Waals surface area contributed by atoms with Gasteiger partial charge in [-0.2, -0.15) is 0 Å². The minimum Gasteiger partial charge on any atom is -0.377 e. The Morgan fingerprint density at radius 3 is 3.05 bits per heavy atom. The number of nitrogens with two attached hydrogens (primary N) is 1. The second kappa shape index (κ2) is 6.68. The highest BCUT2D eigenvalue weighted by Crippen LogP contribution is 2.26. The molecular formula is C13H23N5O. The topological polar surface area (TPSA) is 76.3 Å². The van der Waals surface area contributed by atoms with Gasteiger partial charge in [0.15, 0.2) is 5.82 Å². The van der Waals surface area contributed by atoms with E-state index in [1.807, 2.05) is 6.07 Å². The normalized spacial score (nSPS) is 18.9. The van der Waals surface area contributed by atoms with Crippen LogP contribution < -0.4 is 16.2 Å². The number of hydrazine groups is 1. The Morgan fingerprint density at radius 2 is 2.37 bits per heavy atom. The van der Waals surface area contributed by atoms with Gasteiger partial charge in [-0.3, -0.25) is 0 Å². The summed E-state index contributed by atoms with van der Waals surface area (Å²) in [6.45, 7) is 4.76. The van der Waals surface area contributed by atoms with Crippen molar-refractivity contribution in [3.63, 3.8) is 0 Å². The molecule has 0 aromatic carbocycles. The molecule has 1 fully saturated rings. The van der Waals surface area contributed by atoms with E-state index in [9.17, 15) is 0 Å². The van der Waals surface area contributed by atoms with Crippen LogP contribution in [0.2, 0.25) is 0 Å². The third kappa shape index (κ3) is 3.54. The van der Waals surface area contributed by atoms with Crippen LogP contribution in [-0.2, 0) is 11.3 Å². The zero-order valence-corrected chi connectivity index (χ0v) is 11.7. The van der Waals surface area contributed by atoms with Crippen molar-refractivity contribution in [2.24, 2.45) is 11.8 Å². The molecule has 0 saturated carbocycles. The summed E-state index contributed by atoms with van der Waals surface area (Å²) in [4.78, 5) is 11.1. The molecule has 19 heavy (non-hydrogen) atoms. The smallest absolute Gasteiger partial charge is 0.158 e. The van der Waals surface area contributed by atoms with Gasteiger partial charge in [0.2, 0.25) is 0 Å². The first kappa shape index (κ1) is 14.0. The molecule has 6 heteroatoms. The fourth-order valence-electron chi connectivity index (χ4n) is 2.60. The number of hydrogen-bond donors (Lipinski definition) is 2. The van der Waals surface area contributed by atoms with Gasteiger partial charge in [-0.25, -0.2) is 15.8 Å². The van der Waals surface area contributed by atoms with Crippen molar-refractivity contribution >= 4 is 11.6 Å². The molecule has 1 aliphatic heterocycles. The van der Waals surface area contributed by atoms with Crippen LogP contribution in [-0.4, -0.2) is 30.2 Å². The molecule has 0 bridgehead atoms. The molecule has 2 heterocycles. The number of nitrogens with one attached hydrogen (secondary N) is 1. The maximum absolute atomic E-state index is 5.46. The van der Waals surface area contributed by atoms with E-state index < -0.39 is 0 Å². The second-order valence-corrected chi connectivity index (χ2v) is 4.99. The molecule has 0 spiro atoms. The third-order valence-corrected chi connectivity index (χ3v) is 3.49. The van der Waals surface area contributed by atoms with Gasteiger partial charge >= 0.3 is 0 Å². The first-order valence-corrected chi connectivity index (χ1v) is 6.85. The van der Waals surface area contributed by atoms with E-state index in [4.69, 9.17) is 10.6 Å². The molecule has 1 saturated heterocycles. The average molecular weight is 265 g/mol. The second-order valence-electron chi connectivity index (χ2n) is 4.99. The van der Waals surface area contributed by atoms with Gasteiger partial charge in [0, 0.05) is 26.3 Å². The minimum atomic E-state index is 0.398. The van der Waals surface area contributed by atoms with E-state index in [-0.39, 0.29) is 0 Å². The first-order valence-electron chi connectivity index (χ1n) is 6.85. The lowest BCUT2D eigenvalue weighted by Crippen LogP contribution is -2.22. The Labute approximate surface area is 114 Å². The van der Waals surface area contributed by atoms with Crippen LogP contribution >= 0.6 is 0 Å². The Bertz CT molecular complexity index is 412. The lowest BCUT2D eigenvalue weighted by molar-refractivity contribution is 0.178. The van der Waals surface area contributed by atoms with Crippen LogP contribution in [0, 0.1) is 5.92 Å². The number of anilines is 2. The van der Waals surface area contributed by atoms with Crippen molar-refractivity contribution in [3.05, 3.63) is 11.9 Å². The van der Waals surface area contributed by atoms with Crippen molar-refractivity contribution < 1.29 is 4.74 Å². The van der Waals surface area contributed by atoms with E-state index in [1.165, 1.54) is 19.3 Å². The first-order chi connectivity index (χ1) is 9.26. The Hall–Kier alpha value is -1.40. The highest BCUT2D eigenvalue weighted by molar-refractivity contribution is 5.49. The van der Waals surface area contributed by atoms with Crippen molar-refractivity contribution in [3.8, 4) is 0 Å². The maximum Gasteiger partial charge on any atom is 0.158 e. The van der Waals surface area contributed by atoms with E-state index >= 15 is 0 Å². The number of ether oxygens (including phenoxy) is 1. The number of rotatable bonds is 6. The predicted octanol–water partition coefficient (Wildman–Crippen LogP) is 1.53. The Kier molecular flexibility index (Phi) is 4.93. The van der Waals surface area contributed by atoms with E-state index in [2.05, 4.69) is 27.2 Å². The summed E-state index contributed by atoms with van der Waals surface area (Å²) < 4.78 is 5.09. The van der Waals surface area contributed by atoms with Gasteiger partial charge < -0.3 is 15.1 Å². The summed E-state index contributed by atoms with van der Waals surface area (Å²) in [5.41, 5.74) is 2.59. The minimum absolute atomic E-state index is 0.398. The molecule has 2 rings (SSSR count). The third-order valence-electron chi connectivity index (χ3n) is 3.49. The molecule has 0 radical (unpaired) electrons. The van der Waals surface area contributed by atoms with Crippen LogP contribution in [0.25, 0.3) is 0 Å². The molecule has 1 atom stereocenters. The molecule has 1 aliphatic rings. The number of nitrogen functional groups attached to an aromatic ring is 1. The van der Waals surface area contributed by atoms with Crippen LogP contribution in [0.5, 0.6) is 0 Å². The summed E-state index contributed by atoms with van der Waals surface area (Å²) in [5, 5.41) is 0. The van der Waals surface area contributed by atoms with E-state index in [0.29, 0.717) is 18.2 Å². The predicted molar refractivity (Wildman–Crippen MR) is 75.8 cm³/mol. The number of nitrogens with zero attached hydrogens (tertiary/aromatic N) is 3. The van der Waals surface area contributed by atoms with Gasteiger partial charge in [0.25, 0.3) is 0 Å². The number of methoxy groups -OCH3 is 1. The van der Waals surface area contributed by atoms with Crippen molar-refractivity contribution in [1.82, 2.24) is 9.97 Å². The van der Waals surface area contributed by atoms with Crippen LogP contribution in [0.3, 0.4) is 0 Å². The van der Waals surface area contributed by atoms with E-state index in [0.717, 1.165) is 24.8 Å². The fourth-order valence-corrected chi connectivity index (χ4v) is 2.60. The maximum atomic E-state index is 5.46. The molecule has 1 unspecified atom stereocenters. The van der Waals surface area contributed by atoms with E-state index in [1.54, 1.807) is 7.11 Å². The van der Waals surface area contributed by atoms with Crippen LogP contribution in [0.15, 0.2) is 6.07 Å². The molecule has 1 aromatic heterocycles. The summed E-state index contributed by atoms with van der Waals surface area (Å²) in [5.74, 6) is 8.47. The largest absolute Gasteiger partial charge is 0.377 e. The summed E-state index contributed by atoms with van der Waals surface area (Å²) >= 11 is 0. The molecule has 0 aliphatic carbocycles. The molecule has 0 amide bonds. The summed E-state index contributed by atoms with van der Waals surface area (Å²) in [6, 6.07) is 1.90. The molecule has 106 valence electrons. The van der Waals surface area contributed by atoms with Crippen molar-refractivity contribution in [2.75, 3.05) is 30.5 Å². The summed E-state index contributed by atoms with van der Waals surface area (Å²) in [7, 11) is 1.64. The Morgan fingerprint density at radius 1 is 1.53 bits per heavy atom. The van der Waals surface area contributed by atoms with Crippen molar-refractivity contribution in [1.29, 1.82) is 0 Å². The molecule has 3 N–H and O–H groups in total. The number of hydrogen-bond acceptors (Lipinski definition) is 6. The fraction of sp³-hybridized carbons (Fsp3) is 0.692. The van der Waals surface area contributed by atoms with Crippen LogP contribution in [0.4, 0.5) is 11.6 Å². The lowest BCUT2D eigenvalue weighted by atomic mass is 10.0. The van der Waals surface area contributed by atoms with Gasteiger partial charge in [0.1, 0.15) is 18.2 Å². The molecule has 1 aromatic rings. The van der Waals surface area contributed by atoms with Gasteiger partial charge in [0.05, 0.1) is 0 Å². The van der Waals surface area contributed by atoms with Gasteiger partial charge in [-0.15, -0.1) is 0 Å². The van der Waals surface area contributed by atoms with Gasteiger partial charge in [-0.1, -0.05) is 13.3 Å². The van der Waals surface area contributed by atoms with Crippen LogP contribution in [0.1, 0.15) is 32.0 Å². The highest BCUT2D eigenvalue weighted by atomic mass is 16.5. The zero-order chi connectivity index (χ0) is 13.7. The average Bonchev–Trinajstić information content (AvgIpc) is 2.88. The molecular weight excluding hydrogens is 242 g/mol.